The van der Waals surface area contributed by atoms with Gasteiger partial charge in [-0.15, -0.1) is 0 Å². The van der Waals surface area contributed by atoms with Crippen LogP contribution in [0.3, 0.4) is 0 Å². The molecule has 0 N–H and O–H groups in total. The van der Waals surface area contributed by atoms with Crippen LogP contribution in [0.2, 0.25) is 0 Å². The van der Waals surface area contributed by atoms with E-state index in [-0.39, 0.29) is 18.1 Å². The second kappa shape index (κ2) is 13.7. The summed E-state index contributed by atoms with van der Waals surface area (Å²) >= 11 is 0. The molecule has 14 rings (SSSR count). The number of ether oxygens (including phenoxy) is 1. The molecular formula is C60H40N2O2. The Hall–Kier alpha value is -8.08. The Kier molecular flexibility index (Phi) is 7.61. The Morgan fingerprint density at radius 3 is 1.83 bits per heavy atom. The van der Waals surface area contributed by atoms with E-state index in [9.17, 15) is 0 Å². The minimum Gasteiger partial charge on any atom is -0.487 e. The molecule has 12 aromatic rings. The summed E-state index contributed by atoms with van der Waals surface area (Å²) in [5, 5.41) is 12.0. The van der Waals surface area contributed by atoms with E-state index >= 15 is 0 Å². The normalized spacial score (nSPS) is 16.7. The highest BCUT2D eigenvalue weighted by Gasteiger charge is 2.47. The van der Waals surface area contributed by atoms with Crippen LogP contribution in [0.25, 0.3) is 65.0 Å². The molecule has 0 spiro atoms. The molecule has 4 heteroatoms. The van der Waals surface area contributed by atoms with Gasteiger partial charge in [-0.3, -0.25) is 0 Å². The van der Waals surface area contributed by atoms with Gasteiger partial charge in [-0.25, -0.2) is 0 Å². The van der Waals surface area contributed by atoms with E-state index in [1.54, 1.807) is 0 Å². The van der Waals surface area contributed by atoms with Crippen LogP contribution in [0.4, 0.5) is 28.4 Å². The lowest BCUT2D eigenvalue weighted by atomic mass is 9.75. The van der Waals surface area contributed by atoms with Crippen molar-refractivity contribution in [2.75, 3.05) is 9.80 Å². The summed E-state index contributed by atoms with van der Waals surface area (Å²) in [6.45, 7) is 0. The summed E-state index contributed by atoms with van der Waals surface area (Å²) in [6.07, 6.45) is 0.787. The number of para-hydroxylation sites is 4. The molecule has 1 aliphatic carbocycles. The summed E-state index contributed by atoms with van der Waals surface area (Å²) in [4.78, 5) is 5.00. The van der Waals surface area contributed by atoms with E-state index in [2.05, 4.69) is 222 Å². The number of rotatable bonds is 6. The van der Waals surface area contributed by atoms with Crippen molar-refractivity contribution >= 4 is 93.5 Å². The van der Waals surface area contributed by atoms with Gasteiger partial charge in [0.15, 0.2) is 5.58 Å². The van der Waals surface area contributed by atoms with Gasteiger partial charge in [0.1, 0.15) is 17.4 Å². The highest BCUT2D eigenvalue weighted by atomic mass is 16.5. The summed E-state index contributed by atoms with van der Waals surface area (Å²) in [7, 11) is 0. The number of hydrogen-bond donors (Lipinski definition) is 0. The zero-order chi connectivity index (χ0) is 41.9. The molecule has 4 nitrogen and oxygen atoms in total. The fourth-order valence-electron chi connectivity index (χ4n) is 11.5. The summed E-state index contributed by atoms with van der Waals surface area (Å²) < 4.78 is 14.0. The average molecular weight is 821 g/mol. The van der Waals surface area contributed by atoms with Gasteiger partial charge in [-0.2, -0.15) is 0 Å². The summed E-state index contributed by atoms with van der Waals surface area (Å²) in [5.41, 5.74) is 11.3. The first kappa shape index (κ1) is 35.5. The third kappa shape index (κ3) is 5.11. The predicted molar refractivity (Wildman–Crippen MR) is 265 cm³/mol. The third-order valence-electron chi connectivity index (χ3n) is 14.1. The maximum absolute atomic E-state index is 7.08. The number of benzene rings is 11. The highest BCUT2D eigenvalue weighted by Crippen LogP contribution is 2.53. The molecule has 0 fully saturated rings. The van der Waals surface area contributed by atoms with Gasteiger partial charge in [-0.1, -0.05) is 158 Å². The van der Waals surface area contributed by atoms with Crippen LogP contribution < -0.4 is 14.5 Å². The standard InChI is InChI=1S/C60H40N2O2/c1-3-17-41(18-4-1)61(51-35-39-15-7-9-21-43(39)57-47-23-11-13-25-53(47)63-59(51)57)49-33-29-37-28-32-46-50(34-30-38-27-31-45(49)55(37)56(38)46)62(42-19-5-2-6-20-42)52-36-40-16-8-10-22-44(40)58-48-24-12-14-26-54(48)64-60(52)58/h1-35,52,58,60H,36H2. The monoisotopic (exact) mass is 820 g/mol. The van der Waals surface area contributed by atoms with E-state index < -0.39 is 0 Å². The van der Waals surface area contributed by atoms with E-state index in [1.165, 1.54) is 65.5 Å². The van der Waals surface area contributed by atoms with Gasteiger partial charge in [0, 0.05) is 44.2 Å². The van der Waals surface area contributed by atoms with Crippen molar-refractivity contribution in [3.63, 3.8) is 0 Å². The van der Waals surface area contributed by atoms with Crippen molar-refractivity contribution < 1.29 is 9.15 Å². The number of anilines is 5. The lowest BCUT2D eigenvalue weighted by molar-refractivity contribution is 0.175. The van der Waals surface area contributed by atoms with Gasteiger partial charge in [0.2, 0.25) is 0 Å². The molecule has 302 valence electrons. The third-order valence-corrected chi connectivity index (χ3v) is 14.1. The van der Waals surface area contributed by atoms with Crippen LogP contribution in [-0.4, -0.2) is 12.1 Å². The van der Waals surface area contributed by atoms with Crippen molar-refractivity contribution in [1.29, 1.82) is 0 Å². The van der Waals surface area contributed by atoms with Crippen LogP contribution in [0.1, 0.15) is 22.6 Å². The first-order chi connectivity index (χ1) is 31.8. The average Bonchev–Trinajstić information content (AvgIpc) is 3.95. The highest BCUT2D eigenvalue weighted by molar-refractivity contribution is 6.29. The molecule has 3 unspecified atom stereocenters. The molecule has 0 saturated heterocycles. The quantitative estimate of drug-likeness (QED) is 0.156. The zero-order valence-electron chi connectivity index (χ0n) is 34.9. The Morgan fingerprint density at radius 2 is 1.03 bits per heavy atom. The van der Waals surface area contributed by atoms with E-state index in [0.717, 1.165) is 56.9 Å². The predicted octanol–water partition coefficient (Wildman–Crippen LogP) is 15.8. The van der Waals surface area contributed by atoms with Crippen LogP contribution >= 0.6 is 0 Å². The van der Waals surface area contributed by atoms with Gasteiger partial charge in [-0.05, 0) is 104 Å². The number of fused-ring (bicyclic) bond motifs is 10. The maximum atomic E-state index is 7.08. The minimum absolute atomic E-state index is 0.0245. The maximum Gasteiger partial charge on any atom is 0.160 e. The van der Waals surface area contributed by atoms with Crippen LogP contribution in [-0.2, 0) is 6.42 Å². The van der Waals surface area contributed by atoms with Gasteiger partial charge < -0.3 is 19.0 Å². The number of nitrogens with zero attached hydrogens (tertiary/aromatic N) is 2. The molecule has 1 aliphatic heterocycles. The molecule has 64 heavy (non-hydrogen) atoms. The minimum atomic E-state index is -0.0749. The van der Waals surface area contributed by atoms with Crippen LogP contribution in [0.5, 0.6) is 5.75 Å². The lowest BCUT2D eigenvalue weighted by Gasteiger charge is -2.43. The van der Waals surface area contributed by atoms with Crippen molar-refractivity contribution in [2.24, 2.45) is 0 Å². The Labute approximate surface area is 370 Å². The fourth-order valence-corrected chi connectivity index (χ4v) is 11.5. The molecular weight excluding hydrogens is 781 g/mol. The van der Waals surface area contributed by atoms with Crippen molar-refractivity contribution in [3.8, 4) is 5.75 Å². The first-order valence-electron chi connectivity index (χ1n) is 22.3. The van der Waals surface area contributed by atoms with Crippen LogP contribution in [0, 0.1) is 0 Å². The van der Waals surface area contributed by atoms with Gasteiger partial charge in [0.05, 0.1) is 23.3 Å². The SMILES string of the molecule is c1ccc(N(c2ccc3ccc4c(N(c5ccccc5)C5Cc6ccccc6C6c7ccccc7OC65)ccc5ccc2c3c54)c2cc3ccccc3c3c2oc2ccccc23)cc1. The zero-order valence-corrected chi connectivity index (χ0v) is 34.9. The van der Waals surface area contributed by atoms with Crippen molar-refractivity contribution in [2.45, 2.75) is 24.5 Å². The number of hydrogen-bond acceptors (Lipinski definition) is 4. The second-order valence-corrected chi connectivity index (χ2v) is 17.5. The molecule has 0 amide bonds. The molecule has 1 aromatic heterocycles. The Bertz CT molecular complexity index is 3780. The molecule has 0 bridgehead atoms. The van der Waals surface area contributed by atoms with E-state index in [4.69, 9.17) is 9.15 Å². The Balaban J connectivity index is 1.01. The lowest BCUT2D eigenvalue weighted by Crippen LogP contribution is -2.49. The summed E-state index contributed by atoms with van der Waals surface area (Å²) in [5.74, 6) is 1.13. The van der Waals surface area contributed by atoms with Crippen molar-refractivity contribution in [3.05, 3.63) is 229 Å². The second-order valence-electron chi connectivity index (χ2n) is 17.5. The van der Waals surface area contributed by atoms with Gasteiger partial charge in [0.25, 0.3) is 0 Å². The molecule has 11 aromatic carbocycles. The van der Waals surface area contributed by atoms with Crippen LogP contribution in [0.15, 0.2) is 217 Å². The smallest absolute Gasteiger partial charge is 0.160 e. The largest absolute Gasteiger partial charge is 0.487 e. The van der Waals surface area contributed by atoms with E-state index in [0.29, 0.717) is 0 Å². The molecule has 0 radical (unpaired) electrons. The Morgan fingerprint density at radius 1 is 0.422 bits per heavy atom. The number of furan rings is 1. The van der Waals surface area contributed by atoms with Crippen molar-refractivity contribution in [1.82, 2.24) is 0 Å². The first-order valence-corrected chi connectivity index (χ1v) is 22.3. The summed E-state index contributed by atoms with van der Waals surface area (Å²) in [6, 6.07) is 77.4. The van der Waals surface area contributed by atoms with E-state index in [1.807, 2.05) is 0 Å². The fraction of sp³-hybridized carbons (Fsp3) is 0.0667. The molecule has 2 aliphatic rings. The van der Waals surface area contributed by atoms with Gasteiger partial charge >= 0.3 is 0 Å². The molecule has 0 saturated carbocycles. The topological polar surface area (TPSA) is 28.9 Å². The molecule has 3 atom stereocenters. The molecule has 2 heterocycles.